The Morgan fingerprint density at radius 1 is 1.35 bits per heavy atom. The van der Waals surface area contributed by atoms with Crippen LogP contribution in [-0.4, -0.2) is 64.5 Å². The second kappa shape index (κ2) is 7.02. The molecule has 2 amide bonds. The minimum Gasteiger partial charge on any atom is -0.447 e. The SMILES string of the molecule is O=C1CC[C@]2(CCCN(C(=O)c3ncoc3C3CC3)C2)CN1CCCO. The summed E-state index contributed by atoms with van der Waals surface area (Å²) in [6, 6.07) is 0. The lowest BCUT2D eigenvalue weighted by Gasteiger charge is -2.48. The minimum absolute atomic E-state index is 0.0270. The van der Waals surface area contributed by atoms with E-state index in [0.29, 0.717) is 44.1 Å². The van der Waals surface area contributed by atoms with E-state index in [1.807, 2.05) is 9.80 Å². The summed E-state index contributed by atoms with van der Waals surface area (Å²) in [6.45, 7) is 2.79. The molecule has 1 aromatic heterocycles. The smallest absolute Gasteiger partial charge is 0.276 e. The summed E-state index contributed by atoms with van der Waals surface area (Å²) in [5.74, 6) is 1.24. The van der Waals surface area contributed by atoms with Crippen molar-refractivity contribution in [1.29, 1.82) is 0 Å². The van der Waals surface area contributed by atoms with E-state index in [1.54, 1.807) is 0 Å². The third-order valence-electron chi connectivity index (χ3n) is 6.03. The second-order valence-corrected chi connectivity index (χ2v) is 8.06. The molecule has 3 aliphatic rings. The van der Waals surface area contributed by atoms with E-state index in [0.717, 1.165) is 44.4 Å². The van der Waals surface area contributed by atoms with E-state index in [4.69, 9.17) is 9.52 Å². The summed E-state index contributed by atoms with van der Waals surface area (Å²) in [4.78, 5) is 33.2. The number of likely N-dealkylation sites (tertiary alicyclic amines) is 2. The molecule has 3 heterocycles. The number of carbonyl (C=O) groups excluding carboxylic acids is 2. The number of piperidine rings is 2. The number of oxazole rings is 1. The van der Waals surface area contributed by atoms with E-state index in [9.17, 15) is 9.59 Å². The van der Waals surface area contributed by atoms with Crippen molar-refractivity contribution in [2.24, 2.45) is 5.41 Å². The maximum absolute atomic E-state index is 13.0. The van der Waals surface area contributed by atoms with Crippen LogP contribution >= 0.6 is 0 Å². The van der Waals surface area contributed by atoms with Crippen molar-refractivity contribution < 1.29 is 19.1 Å². The molecule has 0 radical (unpaired) electrons. The molecule has 142 valence electrons. The van der Waals surface area contributed by atoms with Gasteiger partial charge in [-0.05, 0) is 38.5 Å². The van der Waals surface area contributed by atoms with E-state index >= 15 is 0 Å². The van der Waals surface area contributed by atoms with Crippen molar-refractivity contribution in [3.63, 3.8) is 0 Å². The zero-order chi connectivity index (χ0) is 18.1. The maximum atomic E-state index is 13.0. The molecule has 7 nitrogen and oxygen atoms in total. The van der Waals surface area contributed by atoms with Crippen molar-refractivity contribution in [3.8, 4) is 0 Å². The summed E-state index contributed by atoms with van der Waals surface area (Å²) in [7, 11) is 0. The molecule has 7 heteroatoms. The third-order valence-corrected chi connectivity index (χ3v) is 6.03. The molecule has 1 saturated carbocycles. The monoisotopic (exact) mass is 361 g/mol. The van der Waals surface area contributed by atoms with Gasteiger partial charge in [0, 0.05) is 50.5 Å². The normalized spacial score (nSPS) is 26.6. The minimum atomic E-state index is -0.0291. The molecule has 1 aliphatic carbocycles. The maximum Gasteiger partial charge on any atom is 0.276 e. The molecule has 1 atom stereocenters. The van der Waals surface area contributed by atoms with Crippen molar-refractivity contribution in [2.45, 2.75) is 50.9 Å². The summed E-state index contributed by atoms with van der Waals surface area (Å²) >= 11 is 0. The van der Waals surface area contributed by atoms with Gasteiger partial charge < -0.3 is 19.3 Å². The number of nitrogens with zero attached hydrogens (tertiary/aromatic N) is 3. The van der Waals surface area contributed by atoms with Gasteiger partial charge in [-0.25, -0.2) is 4.98 Å². The fourth-order valence-corrected chi connectivity index (χ4v) is 4.48. The Kier molecular flexibility index (Phi) is 4.73. The Balaban J connectivity index is 1.47. The van der Waals surface area contributed by atoms with Crippen molar-refractivity contribution in [2.75, 3.05) is 32.8 Å². The first-order valence-electron chi connectivity index (χ1n) is 9.73. The van der Waals surface area contributed by atoms with Gasteiger partial charge >= 0.3 is 0 Å². The fraction of sp³-hybridized carbons (Fsp3) is 0.737. The van der Waals surface area contributed by atoms with Gasteiger partial charge in [0.15, 0.2) is 12.1 Å². The van der Waals surface area contributed by atoms with Crippen LogP contribution < -0.4 is 0 Å². The van der Waals surface area contributed by atoms with Crippen LogP contribution in [0, 0.1) is 5.41 Å². The number of aliphatic hydroxyl groups excluding tert-OH is 1. The Labute approximate surface area is 153 Å². The largest absolute Gasteiger partial charge is 0.447 e. The standard InChI is InChI=1S/C19H27N3O4/c23-10-2-9-21-11-19(7-5-15(21)24)6-1-8-22(12-19)18(25)16-17(14-3-4-14)26-13-20-16/h13-14,23H,1-12H2/t19-/m1/s1. The summed E-state index contributed by atoms with van der Waals surface area (Å²) in [6.07, 6.45) is 7.48. The van der Waals surface area contributed by atoms with Gasteiger partial charge in [-0.3, -0.25) is 9.59 Å². The fourth-order valence-electron chi connectivity index (χ4n) is 4.48. The molecular weight excluding hydrogens is 334 g/mol. The lowest BCUT2D eigenvalue weighted by molar-refractivity contribution is -0.139. The van der Waals surface area contributed by atoms with Crippen LogP contribution in [0.15, 0.2) is 10.8 Å². The first kappa shape index (κ1) is 17.5. The number of carbonyl (C=O) groups is 2. The van der Waals surface area contributed by atoms with Crippen molar-refractivity contribution in [1.82, 2.24) is 14.8 Å². The molecule has 4 rings (SSSR count). The highest BCUT2D eigenvalue weighted by Gasteiger charge is 2.43. The van der Waals surface area contributed by atoms with Crippen LogP contribution in [-0.2, 0) is 4.79 Å². The van der Waals surface area contributed by atoms with Crippen LogP contribution in [0.4, 0.5) is 0 Å². The van der Waals surface area contributed by atoms with E-state index in [-0.39, 0.29) is 23.8 Å². The van der Waals surface area contributed by atoms with Gasteiger partial charge in [-0.15, -0.1) is 0 Å². The Morgan fingerprint density at radius 3 is 2.96 bits per heavy atom. The Bertz CT molecular complexity index is 684. The number of aromatic nitrogens is 1. The summed E-state index contributed by atoms with van der Waals surface area (Å²) in [5.41, 5.74) is 0.453. The zero-order valence-corrected chi connectivity index (χ0v) is 15.2. The number of rotatable bonds is 5. The van der Waals surface area contributed by atoms with Gasteiger partial charge in [0.25, 0.3) is 5.91 Å². The Hall–Kier alpha value is -1.89. The zero-order valence-electron chi connectivity index (χ0n) is 15.2. The molecule has 2 aliphatic heterocycles. The molecule has 0 bridgehead atoms. The third kappa shape index (κ3) is 3.37. The van der Waals surface area contributed by atoms with Gasteiger partial charge in [-0.2, -0.15) is 0 Å². The topological polar surface area (TPSA) is 86.9 Å². The molecular formula is C19H27N3O4. The van der Waals surface area contributed by atoms with E-state index in [2.05, 4.69) is 4.98 Å². The van der Waals surface area contributed by atoms with Gasteiger partial charge in [0.1, 0.15) is 5.76 Å². The molecule has 0 aromatic carbocycles. The predicted octanol–water partition coefficient (Wildman–Crippen LogP) is 1.78. The number of hydrogen-bond acceptors (Lipinski definition) is 5. The molecule has 26 heavy (non-hydrogen) atoms. The number of aliphatic hydroxyl groups is 1. The van der Waals surface area contributed by atoms with Gasteiger partial charge in [0.05, 0.1) is 0 Å². The molecule has 1 spiro atoms. The second-order valence-electron chi connectivity index (χ2n) is 8.06. The average Bonchev–Trinajstić information content (AvgIpc) is 3.39. The van der Waals surface area contributed by atoms with Crippen LogP contribution in [0.25, 0.3) is 0 Å². The highest BCUT2D eigenvalue weighted by Crippen LogP contribution is 2.43. The van der Waals surface area contributed by atoms with Crippen molar-refractivity contribution >= 4 is 11.8 Å². The molecule has 0 unspecified atom stereocenters. The van der Waals surface area contributed by atoms with Crippen LogP contribution in [0.2, 0.25) is 0 Å². The molecule has 3 fully saturated rings. The average molecular weight is 361 g/mol. The molecule has 2 saturated heterocycles. The van der Waals surface area contributed by atoms with Crippen LogP contribution in [0.3, 0.4) is 0 Å². The Morgan fingerprint density at radius 2 is 2.19 bits per heavy atom. The van der Waals surface area contributed by atoms with E-state index < -0.39 is 0 Å². The van der Waals surface area contributed by atoms with Gasteiger partial charge in [0.2, 0.25) is 5.91 Å². The first-order valence-corrected chi connectivity index (χ1v) is 9.73. The van der Waals surface area contributed by atoms with Crippen molar-refractivity contribution in [3.05, 3.63) is 17.8 Å². The number of hydrogen-bond donors (Lipinski definition) is 1. The highest BCUT2D eigenvalue weighted by atomic mass is 16.3. The van der Waals surface area contributed by atoms with Crippen LogP contribution in [0.5, 0.6) is 0 Å². The van der Waals surface area contributed by atoms with Crippen LogP contribution in [0.1, 0.15) is 67.1 Å². The lowest BCUT2D eigenvalue weighted by atomic mass is 9.73. The number of amides is 2. The quantitative estimate of drug-likeness (QED) is 0.864. The lowest BCUT2D eigenvalue weighted by Crippen LogP contribution is -2.55. The van der Waals surface area contributed by atoms with E-state index in [1.165, 1.54) is 6.39 Å². The van der Waals surface area contributed by atoms with Gasteiger partial charge in [-0.1, -0.05) is 0 Å². The predicted molar refractivity (Wildman–Crippen MR) is 93.6 cm³/mol. The summed E-state index contributed by atoms with van der Waals surface area (Å²) < 4.78 is 5.48. The highest BCUT2D eigenvalue weighted by molar-refractivity contribution is 5.93. The molecule has 1 N–H and O–H groups in total. The first-order chi connectivity index (χ1) is 12.6. The summed E-state index contributed by atoms with van der Waals surface area (Å²) in [5, 5.41) is 9.07. The molecule has 1 aromatic rings.